The van der Waals surface area contributed by atoms with Gasteiger partial charge in [0.2, 0.25) is 0 Å². The molecule has 0 saturated heterocycles. The van der Waals surface area contributed by atoms with Gasteiger partial charge < -0.3 is 10.1 Å². The van der Waals surface area contributed by atoms with E-state index in [4.69, 9.17) is 23.2 Å². The van der Waals surface area contributed by atoms with Crippen molar-refractivity contribution in [2.45, 2.75) is 11.2 Å². The van der Waals surface area contributed by atoms with E-state index in [1.807, 2.05) is 0 Å². The predicted octanol–water partition coefficient (Wildman–Crippen LogP) is 4.99. The molecule has 1 N–H and O–H groups in total. The molecule has 3 nitrogen and oxygen atoms in total. The Bertz CT molecular complexity index is 705. The lowest BCUT2D eigenvalue weighted by Crippen LogP contribution is -2.18. The molecule has 0 fully saturated rings. The summed E-state index contributed by atoms with van der Waals surface area (Å²) in [5, 5.41) is 2.49. The highest BCUT2D eigenvalue weighted by atomic mass is 35.5. The van der Waals surface area contributed by atoms with Gasteiger partial charge in [-0.1, -0.05) is 47.5 Å². The maximum Gasteiger partial charge on any atom is 0.573 e. The zero-order valence-electron chi connectivity index (χ0n) is 11.4. The number of benzene rings is 2. The summed E-state index contributed by atoms with van der Waals surface area (Å²) in [5.74, 6) is -0.925. The summed E-state index contributed by atoms with van der Waals surface area (Å²) in [7, 11) is 0. The largest absolute Gasteiger partial charge is 0.573 e. The number of alkyl halides is 5. The summed E-state index contributed by atoms with van der Waals surface area (Å²) in [4.78, 5) is 10.2. The molecule has 23 heavy (non-hydrogen) atoms. The van der Waals surface area contributed by atoms with Gasteiger partial charge >= 0.3 is 6.36 Å². The number of carbonyl (C=O) groups is 1. The minimum absolute atomic E-state index is 0.328. The fraction of sp³-hybridized carbons (Fsp3) is 0.133. The second-order valence-corrected chi connectivity index (χ2v) is 5.54. The van der Waals surface area contributed by atoms with Crippen LogP contribution in [0, 0.1) is 0 Å². The third-order valence-corrected chi connectivity index (χ3v) is 3.13. The maximum atomic E-state index is 12.3. The van der Waals surface area contributed by atoms with Gasteiger partial charge in [0.25, 0.3) is 5.91 Å². The summed E-state index contributed by atoms with van der Waals surface area (Å²) in [6.45, 7) is 0. The number of hydrogen-bond donors (Lipinski definition) is 1. The Morgan fingerprint density at radius 2 is 1.65 bits per heavy atom. The van der Waals surface area contributed by atoms with Crippen molar-refractivity contribution in [3.63, 3.8) is 0 Å². The number of halogens is 5. The minimum Gasteiger partial charge on any atom is -0.406 e. The van der Waals surface area contributed by atoms with E-state index in [-0.39, 0.29) is 5.75 Å². The second kappa shape index (κ2) is 7.10. The van der Waals surface area contributed by atoms with Gasteiger partial charge in [-0.3, -0.25) is 4.79 Å². The topological polar surface area (TPSA) is 38.3 Å². The van der Waals surface area contributed by atoms with Gasteiger partial charge in [-0.15, -0.1) is 13.2 Å². The number of anilines is 1. The zero-order valence-corrected chi connectivity index (χ0v) is 12.9. The molecule has 0 unspecified atom stereocenters. The monoisotopic (exact) mass is 363 g/mol. The molecule has 0 spiro atoms. The van der Waals surface area contributed by atoms with Crippen LogP contribution in [0.25, 0.3) is 11.1 Å². The fourth-order valence-corrected chi connectivity index (χ4v) is 1.96. The molecule has 0 bridgehead atoms. The van der Waals surface area contributed by atoms with Crippen molar-refractivity contribution < 1.29 is 22.7 Å². The van der Waals surface area contributed by atoms with Crippen molar-refractivity contribution in [3.8, 4) is 16.9 Å². The summed E-state index contributed by atoms with van der Waals surface area (Å²) in [5.41, 5.74) is 1.51. The number of hydrogen-bond acceptors (Lipinski definition) is 2. The highest BCUT2D eigenvalue weighted by Gasteiger charge is 2.31. The molecule has 0 radical (unpaired) electrons. The van der Waals surface area contributed by atoms with Gasteiger partial charge in [0.15, 0.2) is 4.84 Å². The van der Waals surface area contributed by atoms with E-state index in [0.717, 1.165) is 0 Å². The summed E-state index contributed by atoms with van der Waals surface area (Å²) >= 11 is 10.9. The van der Waals surface area contributed by atoms with E-state index in [0.29, 0.717) is 16.8 Å². The first-order chi connectivity index (χ1) is 10.7. The average Bonchev–Trinajstić information content (AvgIpc) is 2.46. The van der Waals surface area contributed by atoms with Crippen molar-refractivity contribution in [2.24, 2.45) is 0 Å². The lowest BCUT2D eigenvalue weighted by Gasteiger charge is -2.11. The van der Waals surface area contributed by atoms with Crippen LogP contribution in [-0.4, -0.2) is 17.1 Å². The quantitative estimate of drug-likeness (QED) is 0.776. The molecule has 0 saturated carbocycles. The molecule has 2 aromatic carbocycles. The van der Waals surface area contributed by atoms with Crippen LogP contribution in [0.2, 0.25) is 0 Å². The van der Waals surface area contributed by atoms with E-state index in [1.54, 1.807) is 30.3 Å². The Kier molecular flexibility index (Phi) is 5.38. The first kappa shape index (κ1) is 17.4. The van der Waals surface area contributed by atoms with Crippen LogP contribution in [0.1, 0.15) is 0 Å². The van der Waals surface area contributed by atoms with Gasteiger partial charge in [0.05, 0.1) is 0 Å². The van der Waals surface area contributed by atoms with E-state index in [1.165, 1.54) is 18.2 Å². The summed E-state index contributed by atoms with van der Waals surface area (Å²) < 4.78 is 40.7. The maximum absolute atomic E-state index is 12.3. The van der Waals surface area contributed by atoms with Gasteiger partial charge in [-0.25, -0.2) is 0 Å². The summed E-state index contributed by atoms with van der Waals surface area (Å²) in [6.07, 6.45) is -4.76. The smallest absolute Gasteiger partial charge is 0.406 e. The minimum atomic E-state index is -4.76. The Labute approximate surface area is 140 Å². The lowest BCUT2D eigenvalue weighted by atomic mass is 10.0. The Balaban J connectivity index is 2.25. The van der Waals surface area contributed by atoms with Crippen molar-refractivity contribution in [3.05, 3.63) is 48.5 Å². The van der Waals surface area contributed by atoms with E-state index >= 15 is 0 Å². The molecule has 1 amide bonds. The van der Waals surface area contributed by atoms with E-state index < -0.39 is 17.1 Å². The molecule has 122 valence electrons. The standard InChI is InChI=1S/C15H10Cl2F3NO2/c16-13(17)14(22)21-11-5-1-3-9(7-11)10-4-2-6-12(8-10)23-15(18,19)20/h1-8,13H,(H,21,22). The molecule has 0 atom stereocenters. The molecule has 0 aromatic heterocycles. The molecular weight excluding hydrogens is 354 g/mol. The molecule has 0 aliphatic carbocycles. The molecular formula is C15H10Cl2F3NO2. The van der Waals surface area contributed by atoms with Crippen LogP contribution in [0.3, 0.4) is 0 Å². The van der Waals surface area contributed by atoms with Crippen molar-refractivity contribution in [1.82, 2.24) is 0 Å². The molecule has 2 rings (SSSR count). The van der Waals surface area contributed by atoms with Crippen LogP contribution in [0.5, 0.6) is 5.75 Å². The zero-order chi connectivity index (χ0) is 17.0. The molecule has 2 aromatic rings. The molecule has 0 aliphatic heterocycles. The number of ether oxygens (including phenoxy) is 1. The lowest BCUT2D eigenvalue weighted by molar-refractivity contribution is -0.274. The molecule has 0 aliphatic rings. The first-order valence-electron chi connectivity index (χ1n) is 6.30. The fourth-order valence-electron chi connectivity index (χ4n) is 1.85. The second-order valence-electron chi connectivity index (χ2n) is 4.45. The van der Waals surface area contributed by atoms with Crippen LogP contribution >= 0.6 is 23.2 Å². The Morgan fingerprint density at radius 3 is 2.26 bits per heavy atom. The average molecular weight is 364 g/mol. The highest BCUT2D eigenvalue weighted by molar-refractivity contribution is 6.54. The normalized spacial score (nSPS) is 11.4. The van der Waals surface area contributed by atoms with Gasteiger partial charge in [-0.05, 0) is 35.4 Å². The van der Waals surface area contributed by atoms with Crippen LogP contribution < -0.4 is 10.1 Å². The number of rotatable bonds is 4. The SMILES string of the molecule is O=C(Nc1cccc(-c2cccc(OC(F)(F)F)c2)c1)C(Cl)Cl. The Morgan fingerprint density at radius 1 is 1.04 bits per heavy atom. The van der Waals surface area contributed by atoms with Crippen LogP contribution in [-0.2, 0) is 4.79 Å². The highest BCUT2D eigenvalue weighted by Crippen LogP contribution is 2.29. The van der Waals surface area contributed by atoms with Gasteiger partial charge in [-0.2, -0.15) is 0 Å². The van der Waals surface area contributed by atoms with E-state index in [9.17, 15) is 18.0 Å². The van der Waals surface area contributed by atoms with Gasteiger partial charge in [0.1, 0.15) is 5.75 Å². The van der Waals surface area contributed by atoms with Crippen molar-refractivity contribution in [2.75, 3.05) is 5.32 Å². The van der Waals surface area contributed by atoms with E-state index in [2.05, 4.69) is 10.1 Å². The first-order valence-corrected chi connectivity index (χ1v) is 7.17. The third kappa shape index (κ3) is 5.33. The Hall–Kier alpha value is -1.92. The van der Waals surface area contributed by atoms with Gasteiger partial charge in [0, 0.05) is 5.69 Å². The number of carbonyl (C=O) groups excluding carboxylic acids is 1. The van der Waals surface area contributed by atoms with Crippen molar-refractivity contribution >= 4 is 34.8 Å². The molecule has 8 heteroatoms. The number of nitrogens with one attached hydrogen (secondary N) is 1. The predicted molar refractivity (Wildman–Crippen MR) is 82.7 cm³/mol. The van der Waals surface area contributed by atoms with Crippen LogP contribution in [0.4, 0.5) is 18.9 Å². The third-order valence-electron chi connectivity index (χ3n) is 2.73. The van der Waals surface area contributed by atoms with Crippen molar-refractivity contribution in [1.29, 1.82) is 0 Å². The summed E-state index contributed by atoms with van der Waals surface area (Å²) in [6, 6.07) is 12.0. The molecule has 0 heterocycles. The van der Waals surface area contributed by atoms with Crippen LogP contribution in [0.15, 0.2) is 48.5 Å². The number of amides is 1.